The van der Waals surface area contributed by atoms with Gasteiger partial charge in [-0.15, -0.1) is 11.3 Å². The molecule has 4 heterocycles. The fourth-order valence-electron chi connectivity index (χ4n) is 4.09. The zero-order valence-corrected chi connectivity index (χ0v) is 23.8. The number of ether oxygens (including phenoxy) is 1. The van der Waals surface area contributed by atoms with Crippen LogP contribution in [0.25, 0.3) is 12.2 Å². The highest BCUT2D eigenvalue weighted by atomic mass is 32.2. The van der Waals surface area contributed by atoms with Gasteiger partial charge in [-0.05, 0) is 53.1 Å². The maximum atomic E-state index is 12.9. The molecule has 3 amide bonds. The Morgan fingerprint density at radius 2 is 1.82 bits per heavy atom. The van der Waals surface area contributed by atoms with Crippen molar-refractivity contribution >= 4 is 86.4 Å². The standard InChI is InChI=1S/C26H24N4O4S4/c1-34-18-6-4-17(5-7-18)15-20-23(32)27-25(37-20)29-12-10-28(11-13-29)22(31)8-9-30-24(33)21(38-26(30)35)16-19-3-2-14-36-19/h2-7,14-16H,8-13H2,1H3/b20-15-,21-16-. The number of benzene rings is 1. The maximum Gasteiger partial charge on any atom is 0.286 e. The normalized spacial score (nSPS) is 20.2. The first kappa shape index (κ1) is 26.7. The number of amidine groups is 1. The van der Waals surface area contributed by atoms with Gasteiger partial charge >= 0.3 is 0 Å². The maximum absolute atomic E-state index is 12.9. The molecule has 0 atom stereocenters. The minimum Gasteiger partial charge on any atom is -0.497 e. The average Bonchev–Trinajstić information content (AvgIpc) is 3.64. The predicted octanol–water partition coefficient (Wildman–Crippen LogP) is 4.16. The van der Waals surface area contributed by atoms with Crippen LogP contribution in [0.1, 0.15) is 16.9 Å². The Labute approximate surface area is 238 Å². The molecule has 0 radical (unpaired) electrons. The number of hydrogen-bond acceptors (Lipinski definition) is 9. The van der Waals surface area contributed by atoms with E-state index in [0.29, 0.717) is 45.5 Å². The van der Waals surface area contributed by atoms with Gasteiger partial charge < -0.3 is 14.5 Å². The molecule has 2 fully saturated rings. The first-order chi connectivity index (χ1) is 18.4. The van der Waals surface area contributed by atoms with Gasteiger partial charge in [0, 0.05) is 44.0 Å². The summed E-state index contributed by atoms with van der Waals surface area (Å²) in [4.78, 5) is 49.9. The van der Waals surface area contributed by atoms with E-state index in [9.17, 15) is 14.4 Å². The summed E-state index contributed by atoms with van der Waals surface area (Å²) >= 11 is 9.58. The Hall–Kier alpha value is -2.93. The van der Waals surface area contributed by atoms with E-state index in [1.165, 1.54) is 28.4 Å². The van der Waals surface area contributed by atoms with E-state index in [4.69, 9.17) is 17.0 Å². The van der Waals surface area contributed by atoms with Gasteiger partial charge in [0.1, 0.15) is 10.1 Å². The molecule has 1 aromatic carbocycles. The highest BCUT2D eigenvalue weighted by molar-refractivity contribution is 8.26. The molecular weight excluding hydrogens is 561 g/mol. The van der Waals surface area contributed by atoms with Gasteiger partial charge in [-0.3, -0.25) is 19.3 Å². The molecule has 3 aliphatic rings. The lowest BCUT2D eigenvalue weighted by Crippen LogP contribution is -2.50. The van der Waals surface area contributed by atoms with Crippen LogP contribution in [-0.4, -0.2) is 81.7 Å². The lowest BCUT2D eigenvalue weighted by atomic mass is 10.2. The van der Waals surface area contributed by atoms with Crippen molar-refractivity contribution in [1.29, 1.82) is 0 Å². The number of piperazine rings is 1. The number of nitrogens with zero attached hydrogens (tertiary/aromatic N) is 4. The lowest BCUT2D eigenvalue weighted by Gasteiger charge is -2.35. The van der Waals surface area contributed by atoms with E-state index in [1.807, 2.05) is 58.8 Å². The van der Waals surface area contributed by atoms with Crippen molar-refractivity contribution in [2.45, 2.75) is 6.42 Å². The summed E-state index contributed by atoms with van der Waals surface area (Å²) in [6.45, 7) is 2.50. The Morgan fingerprint density at radius 1 is 1.05 bits per heavy atom. The Bertz CT molecular complexity index is 1340. The summed E-state index contributed by atoms with van der Waals surface area (Å²) < 4.78 is 5.66. The van der Waals surface area contributed by atoms with Crippen LogP contribution < -0.4 is 4.74 Å². The number of carbonyl (C=O) groups is 3. The number of thioether (sulfide) groups is 2. The summed E-state index contributed by atoms with van der Waals surface area (Å²) in [5.41, 5.74) is 0.900. The SMILES string of the molecule is COc1ccc(/C=C2\SC(N3CCN(C(=O)CCN4C(=O)/C(=C/c5cccs5)SC4=S)CC3)=NC2=O)cc1. The van der Waals surface area contributed by atoms with Crippen LogP contribution >= 0.6 is 47.1 Å². The zero-order chi connectivity index (χ0) is 26.6. The first-order valence-corrected chi connectivity index (χ1v) is 14.8. The quantitative estimate of drug-likeness (QED) is 0.370. The first-order valence-electron chi connectivity index (χ1n) is 11.9. The fraction of sp³-hybridized carbons (Fsp3) is 0.269. The molecule has 38 heavy (non-hydrogen) atoms. The summed E-state index contributed by atoms with van der Waals surface area (Å²) in [5, 5.41) is 2.62. The van der Waals surface area contributed by atoms with Gasteiger partial charge in [0.25, 0.3) is 11.8 Å². The molecule has 196 valence electrons. The van der Waals surface area contributed by atoms with Crippen molar-refractivity contribution in [3.8, 4) is 5.75 Å². The van der Waals surface area contributed by atoms with Gasteiger partial charge in [-0.2, -0.15) is 4.99 Å². The molecular formula is C26H24N4O4S4. The summed E-state index contributed by atoms with van der Waals surface area (Å²) in [6.07, 6.45) is 3.88. The van der Waals surface area contributed by atoms with Crippen LogP contribution in [0.5, 0.6) is 5.75 Å². The van der Waals surface area contributed by atoms with Gasteiger partial charge in [0.15, 0.2) is 5.17 Å². The molecule has 0 unspecified atom stereocenters. The predicted molar refractivity (Wildman–Crippen MR) is 158 cm³/mol. The van der Waals surface area contributed by atoms with Crippen molar-refractivity contribution in [3.63, 3.8) is 0 Å². The van der Waals surface area contributed by atoms with Gasteiger partial charge in [0.05, 0.1) is 16.9 Å². The van der Waals surface area contributed by atoms with Crippen molar-refractivity contribution in [2.75, 3.05) is 39.8 Å². The monoisotopic (exact) mass is 584 g/mol. The van der Waals surface area contributed by atoms with Crippen LogP contribution in [0.3, 0.4) is 0 Å². The van der Waals surface area contributed by atoms with E-state index in [0.717, 1.165) is 16.2 Å². The molecule has 0 aliphatic carbocycles. The second-order valence-electron chi connectivity index (χ2n) is 8.55. The van der Waals surface area contributed by atoms with E-state index >= 15 is 0 Å². The zero-order valence-electron chi connectivity index (χ0n) is 20.5. The third kappa shape index (κ3) is 6.04. The van der Waals surface area contributed by atoms with Crippen LogP contribution in [0.15, 0.2) is 56.6 Å². The molecule has 2 aromatic rings. The smallest absolute Gasteiger partial charge is 0.286 e. The summed E-state index contributed by atoms with van der Waals surface area (Å²) in [7, 11) is 1.61. The number of amides is 3. The van der Waals surface area contributed by atoms with Crippen LogP contribution in [0.2, 0.25) is 0 Å². The Morgan fingerprint density at radius 3 is 2.50 bits per heavy atom. The number of hydrogen-bond donors (Lipinski definition) is 0. The minimum atomic E-state index is -0.254. The lowest BCUT2D eigenvalue weighted by molar-refractivity contribution is -0.133. The molecule has 8 nitrogen and oxygen atoms in total. The fourth-order valence-corrected chi connectivity index (χ4v) is 7.09. The van der Waals surface area contributed by atoms with Crippen LogP contribution in [-0.2, 0) is 14.4 Å². The number of rotatable bonds is 6. The highest BCUT2D eigenvalue weighted by Gasteiger charge is 2.33. The number of carbonyl (C=O) groups excluding carboxylic acids is 3. The second-order valence-corrected chi connectivity index (χ2v) is 12.2. The molecule has 1 aromatic heterocycles. The van der Waals surface area contributed by atoms with Gasteiger partial charge in [-0.25, -0.2) is 0 Å². The molecule has 0 spiro atoms. The largest absolute Gasteiger partial charge is 0.497 e. The third-order valence-electron chi connectivity index (χ3n) is 6.17. The molecule has 12 heteroatoms. The number of methoxy groups -OCH3 is 1. The minimum absolute atomic E-state index is 0.0156. The number of aliphatic imine (C=N–C) groups is 1. The molecule has 5 rings (SSSR count). The molecule has 0 saturated carbocycles. The number of thiocarbonyl (C=S) groups is 1. The Balaban J connectivity index is 1.10. The van der Waals surface area contributed by atoms with E-state index in [-0.39, 0.29) is 30.7 Å². The highest BCUT2D eigenvalue weighted by Crippen LogP contribution is 2.34. The topological polar surface area (TPSA) is 82.5 Å². The van der Waals surface area contributed by atoms with E-state index in [2.05, 4.69) is 4.99 Å². The van der Waals surface area contributed by atoms with Crippen LogP contribution in [0.4, 0.5) is 0 Å². The molecule has 2 saturated heterocycles. The van der Waals surface area contributed by atoms with E-state index < -0.39 is 0 Å². The van der Waals surface area contributed by atoms with Gasteiger partial charge in [0.2, 0.25) is 5.91 Å². The molecule has 0 N–H and O–H groups in total. The summed E-state index contributed by atoms with van der Waals surface area (Å²) in [6, 6.07) is 11.4. The average molecular weight is 585 g/mol. The van der Waals surface area contributed by atoms with Crippen molar-refractivity contribution in [1.82, 2.24) is 14.7 Å². The molecule has 3 aliphatic heterocycles. The third-order valence-corrected chi connectivity index (χ3v) is 9.41. The second kappa shape index (κ2) is 11.9. The van der Waals surface area contributed by atoms with Crippen molar-refractivity contribution < 1.29 is 19.1 Å². The van der Waals surface area contributed by atoms with Gasteiger partial charge in [-0.1, -0.05) is 42.2 Å². The van der Waals surface area contributed by atoms with Crippen molar-refractivity contribution in [2.24, 2.45) is 4.99 Å². The van der Waals surface area contributed by atoms with Crippen LogP contribution in [0, 0.1) is 0 Å². The Kier molecular flexibility index (Phi) is 8.32. The van der Waals surface area contributed by atoms with Crippen molar-refractivity contribution in [3.05, 3.63) is 62.0 Å². The summed E-state index contributed by atoms with van der Waals surface area (Å²) in [5.74, 6) is 0.339. The molecule has 0 bridgehead atoms. The van der Waals surface area contributed by atoms with E-state index in [1.54, 1.807) is 23.3 Å². The number of thiophene rings is 1.